The molecular formula is C27H30ClFN6O2. The first kappa shape index (κ1) is 25.2. The summed E-state index contributed by atoms with van der Waals surface area (Å²) >= 11 is 6.69. The van der Waals surface area contributed by atoms with Gasteiger partial charge < -0.3 is 14.0 Å². The molecular weight excluding hydrogens is 495 g/mol. The topological polar surface area (TPSA) is 75.9 Å². The van der Waals surface area contributed by atoms with E-state index in [0.29, 0.717) is 40.4 Å². The molecule has 1 aliphatic heterocycles. The predicted octanol–water partition coefficient (Wildman–Crippen LogP) is 5.88. The second-order valence-electron chi connectivity index (χ2n) is 10.7. The van der Waals surface area contributed by atoms with Gasteiger partial charge in [0.25, 0.3) is 0 Å². The Hall–Kier alpha value is -3.46. The Morgan fingerprint density at radius 1 is 1.11 bits per heavy atom. The van der Waals surface area contributed by atoms with Crippen molar-refractivity contribution in [3.05, 3.63) is 53.3 Å². The number of amides is 1. The normalized spacial score (nSPS) is 18.6. The Balaban J connectivity index is 1.42. The van der Waals surface area contributed by atoms with E-state index in [1.54, 1.807) is 34.0 Å². The highest BCUT2D eigenvalue weighted by Gasteiger charge is 2.35. The van der Waals surface area contributed by atoms with Crippen LogP contribution in [0, 0.1) is 12.7 Å². The Morgan fingerprint density at radius 2 is 1.81 bits per heavy atom. The monoisotopic (exact) mass is 524 g/mol. The lowest BCUT2D eigenvalue weighted by molar-refractivity contribution is 0.00566. The number of pyridine rings is 3. The van der Waals surface area contributed by atoms with E-state index in [1.165, 1.54) is 6.07 Å². The van der Waals surface area contributed by atoms with Gasteiger partial charge >= 0.3 is 6.09 Å². The van der Waals surface area contributed by atoms with Crippen molar-refractivity contribution in [2.45, 2.75) is 59.2 Å². The summed E-state index contributed by atoms with van der Waals surface area (Å²) < 4.78 is 21.9. The van der Waals surface area contributed by atoms with Gasteiger partial charge in [0.2, 0.25) is 0 Å². The van der Waals surface area contributed by atoms with Crippen molar-refractivity contribution in [2.75, 3.05) is 18.0 Å². The Kier molecular flexibility index (Phi) is 6.22. The van der Waals surface area contributed by atoms with Gasteiger partial charge in [-0.15, -0.1) is 0 Å². The van der Waals surface area contributed by atoms with Crippen molar-refractivity contribution in [1.29, 1.82) is 0 Å². The van der Waals surface area contributed by atoms with Crippen molar-refractivity contribution in [3.63, 3.8) is 0 Å². The van der Waals surface area contributed by atoms with E-state index in [2.05, 4.69) is 19.9 Å². The van der Waals surface area contributed by atoms with E-state index < -0.39 is 11.4 Å². The van der Waals surface area contributed by atoms with E-state index in [4.69, 9.17) is 16.3 Å². The molecule has 2 atom stereocenters. The van der Waals surface area contributed by atoms with Gasteiger partial charge in [-0.1, -0.05) is 11.6 Å². The van der Waals surface area contributed by atoms with Crippen molar-refractivity contribution < 1.29 is 13.9 Å². The number of carbonyl (C=O) groups excluding carboxylic acids is 1. The summed E-state index contributed by atoms with van der Waals surface area (Å²) in [5.41, 5.74) is 2.93. The number of aromatic nitrogens is 4. The van der Waals surface area contributed by atoms with Crippen LogP contribution in [0.25, 0.3) is 27.9 Å². The molecule has 1 saturated heterocycles. The minimum absolute atomic E-state index is 0.0538. The largest absolute Gasteiger partial charge is 0.444 e. The van der Waals surface area contributed by atoms with Gasteiger partial charge in [-0.3, -0.25) is 4.90 Å². The third kappa shape index (κ3) is 4.92. The number of halogens is 2. The molecule has 194 valence electrons. The van der Waals surface area contributed by atoms with Gasteiger partial charge in [0.1, 0.15) is 5.60 Å². The lowest BCUT2D eigenvalue weighted by atomic mass is 10.1. The molecule has 0 bridgehead atoms. The number of nitrogens with zero attached hydrogens (tertiary/aromatic N) is 6. The van der Waals surface area contributed by atoms with Crippen LogP contribution < -0.4 is 4.90 Å². The SMILES string of the molecule is Cc1cn2cc(-c3cc(Cl)c4cc(N5C[C@@H](C)N(C(=O)OC(C)(C)C)[C@@H](C)C5)cnc4n3)cc(F)c2n1. The zero-order valence-corrected chi connectivity index (χ0v) is 22.5. The standard InChI is InChI=1S/C27H30ClFN6O2/c1-15-11-34-14-18(7-22(29)25(34)31-15)23-9-21(28)20-8-19(10-30-24(20)32-23)33-12-16(2)35(17(3)13-33)26(36)37-27(4,5)6/h7-11,14,16-17H,12-13H2,1-6H3/t16-,17+. The van der Waals surface area contributed by atoms with Crippen LogP contribution in [-0.2, 0) is 4.74 Å². The molecule has 0 radical (unpaired) electrons. The average Bonchev–Trinajstić information content (AvgIpc) is 3.18. The van der Waals surface area contributed by atoms with Crippen LogP contribution in [-0.4, -0.2) is 61.1 Å². The van der Waals surface area contributed by atoms with E-state index >= 15 is 0 Å². The number of imidazole rings is 1. The van der Waals surface area contributed by atoms with Crippen LogP contribution in [0.3, 0.4) is 0 Å². The molecule has 1 amide bonds. The maximum atomic E-state index is 14.6. The quantitative estimate of drug-likeness (QED) is 0.326. The first-order valence-electron chi connectivity index (χ1n) is 12.3. The lowest BCUT2D eigenvalue weighted by Gasteiger charge is -2.45. The molecule has 10 heteroatoms. The molecule has 1 aliphatic rings. The summed E-state index contributed by atoms with van der Waals surface area (Å²) in [4.78, 5) is 30.2. The molecule has 0 N–H and O–H groups in total. The summed E-state index contributed by atoms with van der Waals surface area (Å²) in [6.45, 7) is 12.7. The minimum atomic E-state index is -0.548. The first-order valence-corrected chi connectivity index (χ1v) is 12.6. The summed E-state index contributed by atoms with van der Waals surface area (Å²) in [5.74, 6) is -0.430. The fraction of sp³-hybridized carbons (Fsp3) is 0.407. The first-order chi connectivity index (χ1) is 17.4. The number of fused-ring (bicyclic) bond motifs is 2. The van der Waals surface area contributed by atoms with Gasteiger partial charge in [0, 0.05) is 36.4 Å². The Bertz CT molecular complexity index is 1500. The highest BCUT2D eigenvalue weighted by atomic mass is 35.5. The summed E-state index contributed by atoms with van der Waals surface area (Å²) in [7, 11) is 0. The molecule has 0 spiro atoms. The molecule has 0 aliphatic carbocycles. The number of rotatable bonds is 2. The summed E-state index contributed by atoms with van der Waals surface area (Å²) in [6.07, 6.45) is 5.01. The van der Waals surface area contributed by atoms with Gasteiger partial charge in [-0.2, -0.15) is 0 Å². The summed E-state index contributed by atoms with van der Waals surface area (Å²) in [6, 6.07) is 5.00. The van der Waals surface area contributed by atoms with Crippen LogP contribution in [0.4, 0.5) is 14.9 Å². The lowest BCUT2D eigenvalue weighted by Crippen LogP contribution is -2.59. The zero-order valence-electron chi connectivity index (χ0n) is 21.8. The second kappa shape index (κ2) is 9.13. The van der Waals surface area contributed by atoms with E-state index in [9.17, 15) is 9.18 Å². The van der Waals surface area contributed by atoms with Crippen molar-refractivity contribution in [2.24, 2.45) is 0 Å². The fourth-order valence-corrected chi connectivity index (χ4v) is 5.15. The molecule has 5 rings (SSSR count). The highest BCUT2D eigenvalue weighted by Crippen LogP contribution is 2.32. The fourth-order valence-electron chi connectivity index (χ4n) is 4.90. The maximum absolute atomic E-state index is 14.6. The van der Waals surface area contributed by atoms with Crippen LogP contribution >= 0.6 is 11.6 Å². The van der Waals surface area contributed by atoms with Crippen LogP contribution in [0.2, 0.25) is 5.02 Å². The third-order valence-corrected chi connectivity index (χ3v) is 6.72. The van der Waals surface area contributed by atoms with Crippen molar-refractivity contribution >= 4 is 40.1 Å². The molecule has 0 saturated carbocycles. The van der Waals surface area contributed by atoms with Gasteiger partial charge in [-0.05, 0) is 59.7 Å². The Labute approximate surface area is 220 Å². The molecule has 37 heavy (non-hydrogen) atoms. The Morgan fingerprint density at radius 3 is 2.49 bits per heavy atom. The van der Waals surface area contributed by atoms with Gasteiger partial charge in [-0.25, -0.2) is 24.1 Å². The maximum Gasteiger partial charge on any atom is 0.410 e. The zero-order chi connectivity index (χ0) is 26.6. The molecule has 1 fully saturated rings. The number of ether oxygens (including phenoxy) is 1. The van der Waals surface area contributed by atoms with E-state index in [0.717, 1.165) is 11.4 Å². The van der Waals surface area contributed by atoms with Crippen LogP contribution in [0.1, 0.15) is 40.3 Å². The molecule has 5 heterocycles. The third-order valence-electron chi connectivity index (χ3n) is 6.41. The number of anilines is 1. The van der Waals surface area contributed by atoms with Crippen LogP contribution in [0.5, 0.6) is 0 Å². The van der Waals surface area contributed by atoms with Crippen molar-refractivity contribution in [1.82, 2.24) is 24.3 Å². The summed E-state index contributed by atoms with van der Waals surface area (Å²) in [5, 5.41) is 1.18. The molecule has 0 unspecified atom stereocenters. The molecule has 4 aromatic rings. The number of piperazine rings is 1. The van der Waals surface area contributed by atoms with E-state index in [1.807, 2.05) is 47.6 Å². The predicted molar refractivity (Wildman–Crippen MR) is 143 cm³/mol. The minimum Gasteiger partial charge on any atom is -0.444 e. The molecule has 4 aromatic heterocycles. The number of aryl methyl sites for hydroxylation is 1. The smallest absolute Gasteiger partial charge is 0.410 e. The second-order valence-corrected chi connectivity index (χ2v) is 11.1. The number of carbonyl (C=O) groups is 1. The van der Waals surface area contributed by atoms with E-state index in [-0.39, 0.29) is 23.8 Å². The average molecular weight is 525 g/mol. The van der Waals surface area contributed by atoms with Crippen molar-refractivity contribution in [3.8, 4) is 11.3 Å². The highest BCUT2D eigenvalue weighted by molar-refractivity contribution is 6.35. The van der Waals surface area contributed by atoms with Gasteiger partial charge in [0.05, 0.1) is 40.4 Å². The molecule has 8 nitrogen and oxygen atoms in total. The van der Waals surface area contributed by atoms with Crippen LogP contribution in [0.15, 0.2) is 36.8 Å². The van der Waals surface area contributed by atoms with Gasteiger partial charge in [0.15, 0.2) is 17.1 Å². The number of hydrogen-bond donors (Lipinski definition) is 0. The molecule has 0 aromatic carbocycles. The number of hydrogen-bond acceptors (Lipinski definition) is 6.